The van der Waals surface area contributed by atoms with Gasteiger partial charge >= 0.3 is 0 Å². The molecule has 0 fully saturated rings. The molecule has 0 aliphatic heterocycles. The lowest BCUT2D eigenvalue weighted by molar-refractivity contribution is 0.560. The molecule has 1 N–H and O–H groups in total. The SMILES string of the molecule is Cc1cc(S(=O)(=O)NC(C)Cc2ccsc2)ccc1Br. The maximum atomic E-state index is 12.3. The van der Waals surface area contributed by atoms with E-state index >= 15 is 0 Å². The summed E-state index contributed by atoms with van der Waals surface area (Å²) in [5, 5.41) is 4.03. The van der Waals surface area contributed by atoms with E-state index in [1.807, 2.05) is 30.7 Å². The quantitative estimate of drug-likeness (QED) is 0.867. The van der Waals surface area contributed by atoms with Gasteiger partial charge in [0.25, 0.3) is 0 Å². The second-order valence-electron chi connectivity index (χ2n) is 4.77. The zero-order chi connectivity index (χ0) is 14.8. The van der Waals surface area contributed by atoms with Gasteiger partial charge in [-0.2, -0.15) is 11.3 Å². The molecule has 1 unspecified atom stereocenters. The van der Waals surface area contributed by atoms with Gasteiger partial charge in [0.05, 0.1) is 4.90 Å². The van der Waals surface area contributed by atoms with Crippen LogP contribution in [0.5, 0.6) is 0 Å². The molecule has 1 heterocycles. The van der Waals surface area contributed by atoms with Crippen LogP contribution in [0.15, 0.2) is 44.4 Å². The van der Waals surface area contributed by atoms with Crippen molar-refractivity contribution < 1.29 is 8.42 Å². The number of rotatable bonds is 5. The van der Waals surface area contributed by atoms with Crippen LogP contribution in [0.2, 0.25) is 0 Å². The molecule has 2 rings (SSSR count). The Kier molecular flexibility index (Phi) is 5.01. The molecule has 0 saturated carbocycles. The number of aryl methyl sites for hydroxylation is 1. The number of nitrogens with one attached hydrogen (secondary N) is 1. The van der Waals surface area contributed by atoms with Gasteiger partial charge in [0, 0.05) is 10.5 Å². The minimum Gasteiger partial charge on any atom is -0.208 e. The molecule has 0 aliphatic carbocycles. The van der Waals surface area contributed by atoms with Crippen molar-refractivity contribution in [2.75, 3.05) is 0 Å². The highest BCUT2D eigenvalue weighted by Gasteiger charge is 2.18. The first kappa shape index (κ1) is 15.7. The molecule has 0 bridgehead atoms. The van der Waals surface area contributed by atoms with Gasteiger partial charge in [-0.15, -0.1) is 0 Å². The van der Waals surface area contributed by atoms with Crippen LogP contribution in [0.3, 0.4) is 0 Å². The highest BCUT2D eigenvalue weighted by atomic mass is 79.9. The largest absolute Gasteiger partial charge is 0.240 e. The number of hydrogen-bond acceptors (Lipinski definition) is 3. The Morgan fingerprint density at radius 3 is 2.70 bits per heavy atom. The van der Waals surface area contributed by atoms with E-state index in [0.29, 0.717) is 11.3 Å². The molecule has 0 aliphatic rings. The van der Waals surface area contributed by atoms with E-state index in [1.165, 1.54) is 0 Å². The standard InChI is InChI=1S/C14H16BrNO2S2/c1-10-7-13(3-4-14(10)15)20(17,18)16-11(2)8-12-5-6-19-9-12/h3-7,9,11,16H,8H2,1-2H3. The van der Waals surface area contributed by atoms with Gasteiger partial charge in [0.15, 0.2) is 0 Å². The zero-order valence-electron chi connectivity index (χ0n) is 11.3. The molecule has 108 valence electrons. The molecule has 3 nitrogen and oxygen atoms in total. The summed E-state index contributed by atoms with van der Waals surface area (Å²) in [4.78, 5) is 0.301. The summed E-state index contributed by atoms with van der Waals surface area (Å²) in [6.45, 7) is 3.75. The highest BCUT2D eigenvalue weighted by Crippen LogP contribution is 2.20. The second kappa shape index (κ2) is 6.39. The Morgan fingerprint density at radius 2 is 2.10 bits per heavy atom. The summed E-state index contributed by atoms with van der Waals surface area (Å²) in [5.74, 6) is 0. The van der Waals surface area contributed by atoms with Gasteiger partial charge in [-0.25, -0.2) is 13.1 Å². The molecule has 20 heavy (non-hydrogen) atoms. The van der Waals surface area contributed by atoms with Gasteiger partial charge < -0.3 is 0 Å². The number of hydrogen-bond donors (Lipinski definition) is 1. The Morgan fingerprint density at radius 1 is 1.35 bits per heavy atom. The molecule has 0 radical (unpaired) electrons. The van der Waals surface area contributed by atoms with Crippen molar-refractivity contribution in [3.05, 3.63) is 50.6 Å². The average Bonchev–Trinajstić information content (AvgIpc) is 2.84. The normalized spacial score (nSPS) is 13.3. The summed E-state index contributed by atoms with van der Waals surface area (Å²) < 4.78 is 28.2. The van der Waals surface area contributed by atoms with Crippen LogP contribution in [0.1, 0.15) is 18.1 Å². The molecule has 0 saturated heterocycles. The first-order chi connectivity index (χ1) is 9.38. The van der Waals surface area contributed by atoms with Crippen LogP contribution in [-0.2, 0) is 16.4 Å². The predicted octanol–water partition coefficient (Wildman–Crippen LogP) is 3.73. The van der Waals surface area contributed by atoms with Gasteiger partial charge in [-0.05, 0) is 66.4 Å². The smallest absolute Gasteiger partial charge is 0.208 e. The minimum absolute atomic E-state index is 0.140. The van der Waals surface area contributed by atoms with Crippen molar-refractivity contribution in [1.82, 2.24) is 4.72 Å². The topological polar surface area (TPSA) is 46.2 Å². The Balaban J connectivity index is 2.12. The summed E-state index contributed by atoms with van der Waals surface area (Å²) in [7, 11) is -3.47. The third-order valence-corrected chi connectivity index (χ3v) is 6.13. The summed E-state index contributed by atoms with van der Waals surface area (Å²) in [6, 6.07) is 6.91. The molecule has 2 aromatic rings. The van der Waals surface area contributed by atoms with Crippen molar-refractivity contribution >= 4 is 37.3 Å². The third kappa shape index (κ3) is 3.91. The summed E-state index contributed by atoms with van der Waals surface area (Å²) >= 11 is 4.99. The number of halogens is 1. The fourth-order valence-corrected chi connectivity index (χ4v) is 4.18. The van der Waals surface area contributed by atoms with Crippen molar-refractivity contribution in [2.45, 2.75) is 31.2 Å². The Hall–Kier alpha value is -0.690. The van der Waals surface area contributed by atoms with E-state index in [2.05, 4.69) is 20.7 Å². The third-order valence-electron chi connectivity index (χ3n) is 2.92. The van der Waals surface area contributed by atoms with Crippen LogP contribution in [0.4, 0.5) is 0 Å². The Bertz CT molecular complexity index is 681. The highest BCUT2D eigenvalue weighted by molar-refractivity contribution is 9.10. The fraction of sp³-hybridized carbons (Fsp3) is 0.286. The molecule has 0 spiro atoms. The van der Waals surface area contributed by atoms with Crippen molar-refractivity contribution in [3.63, 3.8) is 0 Å². The molecule has 0 amide bonds. The van der Waals surface area contributed by atoms with Crippen LogP contribution >= 0.6 is 27.3 Å². The molecule has 6 heteroatoms. The zero-order valence-corrected chi connectivity index (χ0v) is 14.5. The summed E-state index contributed by atoms with van der Waals surface area (Å²) in [6.07, 6.45) is 0.693. The minimum atomic E-state index is -3.47. The number of sulfonamides is 1. The van der Waals surface area contributed by atoms with Gasteiger partial charge in [-0.1, -0.05) is 15.9 Å². The average molecular weight is 374 g/mol. The molecule has 1 aromatic carbocycles. The first-order valence-corrected chi connectivity index (χ1v) is 9.40. The van der Waals surface area contributed by atoms with Crippen molar-refractivity contribution in [1.29, 1.82) is 0 Å². The van der Waals surface area contributed by atoms with E-state index in [9.17, 15) is 8.42 Å². The van der Waals surface area contributed by atoms with Crippen molar-refractivity contribution in [3.8, 4) is 0 Å². The van der Waals surface area contributed by atoms with E-state index in [-0.39, 0.29) is 6.04 Å². The summed E-state index contributed by atoms with van der Waals surface area (Å²) in [5.41, 5.74) is 2.05. The van der Waals surface area contributed by atoms with Gasteiger partial charge in [0.2, 0.25) is 10.0 Å². The van der Waals surface area contributed by atoms with E-state index < -0.39 is 10.0 Å². The number of thiophene rings is 1. The van der Waals surface area contributed by atoms with E-state index in [1.54, 1.807) is 29.5 Å². The van der Waals surface area contributed by atoms with Gasteiger partial charge in [-0.3, -0.25) is 0 Å². The van der Waals surface area contributed by atoms with E-state index in [4.69, 9.17) is 0 Å². The second-order valence-corrected chi connectivity index (χ2v) is 8.12. The van der Waals surface area contributed by atoms with Crippen LogP contribution in [-0.4, -0.2) is 14.5 Å². The maximum absolute atomic E-state index is 12.3. The van der Waals surface area contributed by atoms with Crippen LogP contribution < -0.4 is 4.72 Å². The lowest BCUT2D eigenvalue weighted by Crippen LogP contribution is -2.34. The maximum Gasteiger partial charge on any atom is 0.240 e. The van der Waals surface area contributed by atoms with Gasteiger partial charge in [0.1, 0.15) is 0 Å². The Labute approximate surface area is 132 Å². The van der Waals surface area contributed by atoms with Crippen LogP contribution in [0, 0.1) is 6.92 Å². The van der Waals surface area contributed by atoms with Crippen molar-refractivity contribution in [2.24, 2.45) is 0 Å². The molecule has 1 aromatic heterocycles. The lowest BCUT2D eigenvalue weighted by atomic mass is 10.1. The predicted molar refractivity (Wildman–Crippen MR) is 86.7 cm³/mol. The van der Waals surface area contributed by atoms with E-state index in [0.717, 1.165) is 15.6 Å². The lowest BCUT2D eigenvalue weighted by Gasteiger charge is -2.14. The monoisotopic (exact) mass is 373 g/mol. The number of benzene rings is 1. The molecular formula is C14H16BrNO2S2. The first-order valence-electron chi connectivity index (χ1n) is 6.18. The molecular weight excluding hydrogens is 358 g/mol. The van der Waals surface area contributed by atoms with Crippen LogP contribution in [0.25, 0.3) is 0 Å². The fourth-order valence-electron chi connectivity index (χ4n) is 1.92. The molecule has 1 atom stereocenters.